The molecule has 0 saturated heterocycles. The molecule has 1 aliphatic heterocycles. The van der Waals surface area contributed by atoms with E-state index >= 15 is 0 Å². The van der Waals surface area contributed by atoms with Crippen LogP contribution in [0.1, 0.15) is 0 Å². The van der Waals surface area contributed by atoms with Crippen molar-refractivity contribution in [3.8, 4) is 0 Å². The van der Waals surface area contributed by atoms with Crippen LogP contribution >= 0.6 is 0 Å². The summed E-state index contributed by atoms with van der Waals surface area (Å²) < 4.78 is 0. The van der Waals surface area contributed by atoms with E-state index in [1.165, 1.54) is 10.8 Å². The Balaban J connectivity index is 2.54. The van der Waals surface area contributed by atoms with Crippen molar-refractivity contribution < 1.29 is 0 Å². The third kappa shape index (κ3) is 1.30. The molecule has 0 N–H and O–H groups in total. The van der Waals surface area contributed by atoms with Crippen LogP contribution in [0.5, 0.6) is 0 Å². The molecule has 1 nitrogen and oxygen atoms in total. The zero-order valence-corrected chi connectivity index (χ0v) is 8.14. The molecule has 0 atom stereocenters. The van der Waals surface area contributed by atoms with Crippen LogP contribution in [0.2, 0.25) is 0 Å². The number of fused-ring (bicyclic) bond motifs is 2. The van der Waals surface area contributed by atoms with Gasteiger partial charge in [0, 0.05) is 23.2 Å². The molecule has 1 heteroatoms. The molecule has 1 aromatic rings. The molecule has 70 valence electrons. The van der Waals surface area contributed by atoms with Gasteiger partial charge in [0.05, 0.1) is 0 Å². The minimum Gasteiger partial charge on any atom is -0.263 e. The highest BCUT2D eigenvalue weighted by Crippen LogP contribution is 2.13. The van der Waals surface area contributed by atoms with Gasteiger partial charge in [0.25, 0.3) is 0 Å². The summed E-state index contributed by atoms with van der Waals surface area (Å²) >= 11 is 0. The van der Waals surface area contributed by atoms with Gasteiger partial charge in [-0.15, -0.1) is 5.73 Å². The molecule has 0 saturated carbocycles. The van der Waals surface area contributed by atoms with Crippen LogP contribution in [-0.4, -0.2) is 6.21 Å². The van der Waals surface area contributed by atoms with E-state index in [1.54, 1.807) is 0 Å². The Morgan fingerprint density at radius 3 is 3.07 bits per heavy atom. The smallest absolute Gasteiger partial charge is 0.0347 e. The Morgan fingerprint density at radius 1 is 1.13 bits per heavy atom. The standard InChI is InChI=1S/C14H9N/c1-3-7-13-11(5-1)9-15-10-12-6-2-4-8-14(12)13/h1-3,5-10H. The van der Waals surface area contributed by atoms with E-state index < -0.39 is 0 Å². The van der Waals surface area contributed by atoms with E-state index in [-0.39, 0.29) is 0 Å². The highest BCUT2D eigenvalue weighted by atomic mass is 14.7. The number of aliphatic imine (C=N–C) groups is 1. The van der Waals surface area contributed by atoms with Crippen LogP contribution in [0.3, 0.4) is 0 Å². The van der Waals surface area contributed by atoms with Crippen molar-refractivity contribution in [3.05, 3.63) is 64.2 Å². The van der Waals surface area contributed by atoms with Gasteiger partial charge in [0.2, 0.25) is 0 Å². The van der Waals surface area contributed by atoms with Gasteiger partial charge >= 0.3 is 0 Å². The highest BCUT2D eigenvalue weighted by Gasteiger charge is 2.04. The van der Waals surface area contributed by atoms with Crippen molar-refractivity contribution in [2.75, 3.05) is 0 Å². The summed E-state index contributed by atoms with van der Waals surface area (Å²) in [6.07, 6.45) is 9.76. The zero-order valence-electron chi connectivity index (χ0n) is 8.14. The van der Waals surface area contributed by atoms with E-state index in [0.717, 1.165) is 10.8 Å². The lowest BCUT2D eigenvalue weighted by atomic mass is 10.0. The number of hydrogen-bond donors (Lipinski definition) is 0. The van der Waals surface area contributed by atoms with Crippen LogP contribution < -0.4 is 10.4 Å². The van der Waals surface area contributed by atoms with E-state index in [9.17, 15) is 0 Å². The van der Waals surface area contributed by atoms with Gasteiger partial charge in [-0.25, -0.2) is 0 Å². The van der Waals surface area contributed by atoms with Crippen molar-refractivity contribution >= 4 is 18.0 Å². The highest BCUT2D eigenvalue weighted by molar-refractivity contribution is 6.00. The molecule has 3 rings (SSSR count). The predicted octanol–water partition coefficient (Wildman–Crippen LogP) is 1.31. The normalized spacial score (nSPS) is 16.3. The summed E-state index contributed by atoms with van der Waals surface area (Å²) in [7, 11) is 0. The van der Waals surface area contributed by atoms with E-state index in [4.69, 9.17) is 0 Å². The largest absolute Gasteiger partial charge is 0.263 e. The molecule has 0 fully saturated rings. The first-order chi connectivity index (χ1) is 7.45. The van der Waals surface area contributed by atoms with Crippen LogP contribution in [-0.2, 0) is 0 Å². The number of allylic oxidation sites excluding steroid dienone is 3. The minimum absolute atomic E-state index is 1.15. The van der Waals surface area contributed by atoms with Crippen LogP contribution in [0.4, 0.5) is 0 Å². The molecular formula is C14H9N. The first-order valence-corrected chi connectivity index (χ1v) is 4.91. The molecule has 1 aliphatic carbocycles. The topological polar surface area (TPSA) is 12.4 Å². The molecule has 1 heterocycles. The average Bonchev–Trinajstić information content (AvgIpc) is 2.48. The second-order valence-electron chi connectivity index (χ2n) is 3.51. The van der Waals surface area contributed by atoms with E-state index in [2.05, 4.69) is 28.9 Å². The Bertz CT molecular complexity index is 651. The van der Waals surface area contributed by atoms with Crippen molar-refractivity contribution in [2.45, 2.75) is 0 Å². The summed E-state index contributed by atoms with van der Waals surface area (Å²) in [5, 5.41) is 2.38. The maximum atomic E-state index is 4.29. The quantitative estimate of drug-likeness (QED) is 0.548. The fourth-order valence-electron chi connectivity index (χ4n) is 1.84. The SMILES string of the molecule is C1=CC=C2C=NC=c3ccccc3=C2C=1. The van der Waals surface area contributed by atoms with Gasteiger partial charge in [-0.2, -0.15) is 0 Å². The maximum Gasteiger partial charge on any atom is 0.0347 e. The van der Waals surface area contributed by atoms with Crippen LogP contribution in [0.15, 0.2) is 58.8 Å². The van der Waals surface area contributed by atoms with Gasteiger partial charge in [0.15, 0.2) is 0 Å². The molecular weight excluding hydrogens is 182 g/mol. The molecule has 0 aromatic heterocycles. The Morgan fingerprint density at radius 2 is 2.07 bits per heavy atom. The summed E-state index contributed by atoms with van der Waals surface area (Å²) in [4.78, 5) is 4.29. The first kappa shape index (κ1) is 8.22. The van der Waals surface area contributed by atoms with Gasteiger partial charge in [0.1, 0.15) is 0 Å². The van der Waals surface area contributed by atoms with Gasteiger partial charge in [-0.05, 0) is 29.0 Å². The Labute approximate surface area is 87.8 Å². The monoisotopic (exact) mass is 191 g/mol. The molecule has 15 heavy (non-hydrogen) atoms. The zero-order chi connectivity index (χ0) is 10.1. The van der Waals surface area contributed by atoms with Gasteiger partial charge in [-0.3, -0.25) is 4.99 Å². The van der Waals surface area contributed by atoms with Crippen molar-refractivity contribution in [2.24, 2.45) is 4.99 Å². The number of hydrogen-bond acceptors (Lipinski definition) is 1. The fourth-order valence-corrected chi connectivity index (χ4v) is 1.84. The van der Waals surface area contributed by atoms with Gasteiger partial charge in [-0.1, -0.05) is 24.3 Å². The number of nitrogens with zero attached hydrogens (tertiary/aromatic N) is 1. The lowest BCUT2D eigenvalue weighted by Crippen LogP contribution is -2.25. The second-order valence-corrected chi connectivity index (χ2v) is 3.51. The second kappa shape index (κ2) is 3.23. The molecule has 0 radical (unpaired) electrons. The first-order valence-electron chi connectivity index (χ1n) is 4.91. The third-order valence-electron chi connectivity index (χ3n) is 2.58. The third-order valence-corrected chi connectivity index (χ3v) is 2.58. The maximum absolute atomic E-state index is 4.29. The summed E-state index contributed by atoms with van der Waals surface area (Å²) in [5.41, 5.74) is 5.46. The minimum atomic E-state index is 1.15. The van der Waals surface area contributed by atoms with Gasteiger partial charge < -0.3 is 0 Å². The van der Waals surface area contributed by atoms with Crippen molar-refractivity contribution in [1.82, 2.24) is 0 Å². The Hall–Kier alpha value is -2.11. The number of benzene rings is 1. The average molecular weight is 191 g/mol. The molecule has 0 spiro atoms. The van der Waals surface area contributed by atoms with E-state index in [0.29, 0.717) is 0 Å². The van der Waals surface area contributed by atoms with Crippen LogP contribution in [0.25, 0.3) is 11.8 Å². The Kier molecular flexibility index (Phi) is 1.77. The molecule has 2 aliphatic rings. The number of rotatable bonds is 0. The summed E-state index contributed by atoms with van der Waals surface area (Å²) in [6, 6.07) is 8.28. The van der Waals surface area contributed by atoms with Crippen molar-refractivity contribution in [3.63, 3.8) is 0 Å². The summed E-state index contributed by atoms with van der Waals surface area (Å²) in [6.45, 7) is 0. The molecule has 0 bridgehead atoms. The predicted molar refractivity (Wildman–Crippen MR) is 62.8 cm³/mol. The lowest BCUT2D eigenvalue weighted by Gasteiger charge is -2.02. The van der Waals surface area contributed by atoms with Crippen molar-refractivity contribution in [1.29, 1.82) is 0 Å². The molecule has 1 aromatic carbocycles. The molecule has 0 amide bonds. The molecule has 0 unspecified atom stereocenters. The summed E-state index contributed by atoms with van der Waals surface area (Å²) in [5.74, 6) is 0. The van der Waals surface area contributed by atoms with E-state index in [1.807, 2.05) is 36.7 Å². The fraction of sp³-hybridized carbons (Fsp3) is 0. The van der Waals surface area contributed by atoms with Crippen LogP contribution in [0, 0.1) is 0 Å². The lowest BCUT2D eigenvalue weighted by molar-refractivity contribution is 1.48.